The molecule has 0 radical (unpaired) electrons. The summed E-state index contributed by atoms with van der Waals surface area (Å²) in [5, 5.41) is 11.9. The molecule has 0 atom stereocenters. The van der Waals surface area contributed by atoms with Gasteiger partial charge in [-0.15, -0.1) is 5.10 Å². The van der Waals surface area contributed by atoms with Gasteiger partial charge < -0.3 is 14.5 Å². The number of rotatable bonds is 5. The van der Waals surface area contributed by atoms with Crippen LogP contribution >= 0.6 is 0 Å². The number of nitrogens with zero attached hydrogens (tertiary/aromatic N) is 4. The fourth-order valence-corrected chi connectivity index (χ4v) is 2.97. The minimum atomic E-state index is -0.262. The first-order valence-electron chi connectivity index (χ1n) is 8.35. The maximum atomic E-state index is 12.6. The molecule has 0 fully saturated rings. The maximum Gasteiger partial charge on any atom is 0.262 e. The van der Waals surface area contributed by atoms with Crippen molar-refractivity contribution in [3.63, 3.8) is 0 Å². The molecule has 1 aromatic heterocycles. The molecule has 2 aromatic carbocycles. The molecular formula is C19H17N5O3. The Labute approximate surface area is 154 Å². The lowest BCUT2D eigenvalue weighted by Crippen LogP contribution is -2.11. The SMILES string of the molecule is COc1cc(OC)c2c(=O)[nH]c(-c3ccc(CC4=NN=NC4)cc3)nc2c1. The molecule has 8 heteroatoms. The first-order valence-corrected chi connectivity index (χ1v) is 8.35. The van der Waals surface area contributed by atoms with Crippen molar-refractivity contribution in [3.05, 3.63) is 52.3 Å². The Bertz CT molecular complexity index is 1120. The highest BCUT2D eigenvalue weighted by Gasteiger charge is 2.13. The Morgan fingerprint density at radius 3 is 2.59 bits per heavy atom. The molecule has 0 unspecified atom stereocenters. The Balaban J connectivity index is 1.72. The predicted molar refractivity (Wildman–Crippen MR) is 102 cm³/mol. The van der Waals surface area contributed by atoms with Crippen molar-refractivity contribution in [1.82, 2.24) is 9.97 Å². The van der Waals surface area contributed by atoms with E-state index in [2.05, 4.69) is 25.4 Å². The van der Waals surface area contributed by atoms with Crippen molar-refractivity contribution in [1.29, 1.82) is 0 Å². The Morgan fingerprint density at radius 2 is 1.93 bits per heavy atom. The Morgan fingerprint density at radius 1 is 1.11 bits per heavy atom. The van der Waals surface area contributed by atoms with Crippen LogP contribution < -0.4 is 15.0 Å². The largest absolute Gasteiger partial charge is 0.497 e. The lowest BCUT2D eigenvalue weighted by Gasteiger charge is -2.09. The van der Waals surface area contributed by atoms with Crippen LogP contribution in [0.2, 0.25) is 0 Å². The van der Waals surface area contributed by atoms with E-state index in [4.69, 9.17) is 9.47 Å². The quantitative estimate of drug-likeness (QED) is 0.753. The van der Waals surface area contributed by atoms with Crippen LogP contribution in [0.5, 0.6) is 11.5 Å². The number of benzene rings is 2. The third-order valence-corrected chi connectivity index (χ3v) is 4.34. The molecule has 0 amide bonds. The molecule has 4 rings (SSSR count). The number of aromatic nitrogens is 2. The first-order chi connectivity index (χ1) is 13.2. The molecular weight excluding hydrogens is 346 g/mol. The number of methoxy groups -OCH3 is 2. The van der Waals surface area contributed by atoms with Crippen molar-refractivity contribution in [2.24, 2.45) is 15.4 Å². The highest BCUT2D eigenvalue weighted by molar-refractivity contribution is 5.89. The van der Waals surface area contributed by atoms with E-state index >= 15 is 0 Å². The monoisotopic (exact) mass is 363 g/mol. The van der Waals surface area contributed by atoms with E-state index < -0.39 is 0 Å². The van der Waals surface area contributed by atoms with E-state index in [9.17, 15) is 4.79 Å². The molecule has 27 heavy (non-hydrogen) atoms. The number of H-pyrrole nitrogens is 1. The molecule has 2 heterocycles. The summed E-state index contributed by atoms with van der Waals surface area (Å²) in [6.45, 7) is 0.547. The average molecular weight is 363 g/mol. The zero-order valence-corrected chi connectivity index (χ0v) is 14.9. The van der Waals surface area contributed by atoms with E-state index in [1.54, 1.807) is 19.2 Å². The topological polar surface area (TPSA) is 101 Å². The fraction of sp³-hybridized carbons (Fsp3) is 0.211. The molecule has 0 saturated heterocycles. The molecule has 3 aromatic rings. The maximum absolute atomic E-state index is 12.6. The number of hydrogen-bond donors (Lipinski definition) is 1. The van der Waals surface area contributed by atoms with Crippen LogP contribution in [-0.2, 0) is 6.42 Å². The van der Waals surface area contributed by atoms with Gasteiger partial charge in [0.05, 0.1) is 25.4 Å². The molecule has 0 aliphatic carbocycles. The summed E-state index contributed by atoms with van der Waals surface area (Å²) in [5.41, 5.74) is 3.08. The number of hydrogen-bond acceptors (Lipinski definition) is 7. The van der Waals surface area contributed by atoms with Gasteiger partial charge >= 0.3 is 0 Å². The van der Waals surface area contributed by atoms with Gasteiger partial charge in [0.1, 0.15) is 29.3 Å². The molecule has 0 bridgehead atoms. The second-order valence-corrected chi connectivity index (χ2v) is 6.07. The zero-order valence-electron chi connectivity index (χ0n) is 14.9. The summed E-state index contributed by atoms with van der Waals surface area (Å²) < 4.78 is 10.6. The number of ether oxygens (including phenoxy) is 2. The van der Waals surface area contributed by atoms with Gasteiger partial charge in [0.2, 0.25) is 0 Å². The molecule has 8 nitrogen and oxygen atoms in total. The highest BCUT2D eigenvalue weighted by atomic mass is 16.5. The minimum Gasteiger partial charge on any atom is -0.497 e. The van der Waals surface area contributed by atoms with Crippen LogP contribution in [0.4, 0.5) is 0 Å². The summed E-state index contributed by atoms with van der Waals surface area (Å²) in [6.07, 6.45) is 0.698. The molecule has 1 aliphatic rings. The van der Waals surface area contributed by atoms with Crippen LogP contribution in [0.15, 0.2) is 56.6 Å². The Kier molecular flexibility index (Phi) is 4.37. The lowest BCUT2D eigenvalue weighted by atomic mass is 10.1. The van der Waals surface area contributed by atoms with E-state index in [0.29, 0.717) is 41.2 Å². The number of nitrogens with one attached hydrogen (secondary N) is 1. The molecule has 1 N–H and O–H groups in total. The summed E-state index contributed by atoms with van der Waals surface area (Å²) in [7, 11) is 3.07. The first kappa shape index (κ1) is 16.9. The fourth-order valence-electron chi connectivity index (χ4n) is 2.97. The molecule has 1 aliphatic heterocycles. The van der Waals surface area contributed by atoms with Crippen molar-refractivity contribution in [2.45, 2.75) is 6.42 Å². The molecule has 136 valence electrons. The number of aromatic amines is 1. The zero-order chi connectivity index (χ0) is 18.8. The predicted octanol–water partition coefficient (Wildman–Crippen LogP) is 2.97. The van der Waals surface area contributed by atoms with Crippen LogP contribution in [0.1, 0.15) is 5.56 Å². The Hall–Kier alpha value is -3.55. The van der Waals surface area contributed by atoms with Crippen LogP contribution in [0, 0.1) is 0 Å². The highest BCUT2D eigenvalue weighted by Crippen LogP contribution is 2.28. The number of fused-ring (bicyclic) bond motifs is 1. The van der Waals surface area contributed by atoms with Gasteiger partial charge in [-0.2, -0.15) is 5.11 Å². The van der Waals surface area contributed by atoms with Crippen LogP contribution in [-0.4, -0.2) is 36.4 Å². The third-order valence-electron chi connectivity index (χ3n) is 4.34. The lowest BCUT2D eigenvalue weighted by molar-refractivity contribution is 0.397. The summed E-state index contributed by atoms with van der Waals surface area (Å²) in [5.74, 6) is 1.48. The van der Waals surface area contributed by atoms with Crippen molar-refractivity contribution < 1.29 is 9.47 Å². The summed E-state index contributed by atoms with van der Waals surface area (Å²) in [6, 6.07) is 11.2. The van der Waals surface area contributed by atoms with E-state index in [1.165, 1.54) is 7.11 Å². The van der Waals surface area contributed by atoms with Crippen molar-refractivity contribution in [2.75, 3.05) is 20.8 Å². The standard InChI is InChI=1S/C19H17N5O3/c1-26-14-8-15-17(16(9-14)27-2)19(25)22-18(21-15)12-5-3-11(4-6-12)7-13-10-20-24-23-13/h3-6,8-9H,7,10H2,1-2H3,(H,21,22,25). The van der Waals surface area contributed by atoms with Crippen molar-refractivity contribution >= 4 is 16.6 Å². The second kappa shape index (κ2) is 6.99. The van der Waals surface area contributed by atoms with Gasteiger partial charge in [-0.3, -0.25) is 4.79 Å². The summed E-state index contributed by atoms with van der Waals surface area (Å²) in [4.78, 5) is 20.0. The van der Waals surface area contributed by atoms with E-state index in [1.807, 2.05) is 24.3 Å². The van der Waals surface area contributed by atoms with Gasteiger partial charge in [-0.1, -0.05) is 24.3 Å². The van der Waals surface area contributed by atoms with Gasteiger partial charge in [-0.25, -0.2) is 4.98 Å². The van der Waals surface area contributed by atoms with Crippen LogP contribution in [0.25, 0.3) is 22.3 Å². The third kappa shape index (κ3) is 3.29. The van der Waals surface area contributed by atoms with Crippen molar-refractivity contribution in [3.8, 4) is 22.9 Å². The van der Waals surface area contributed by atoms with Crippen LogP contribution in [0.3, 0.4) is 0 Å². The van der Waals surface area contributed by atoms with Gasteiger partial charge in [0, 0.05) is 24.1 Å². The normalized spacial score (nSPS) is 13.0. The van der Waals surface area contributed by atoms with Gasteiger partial charge in [-0.05, 0) is 10.8 Å². The second-order valence-electron chi connectivity index (χ2n) is 6.07. The van der Waals surface area contributed by atoms with Gasteiger partial charge in [0.25, 0.3) is 5.56 Å². The summed E-state index contributed by atoms with van der Waals surface area (Å²) >= 11 is 0. The minimum absolute atomic E-state index is 0.262. The van der Waals surface area contributed by atoms with Gasteiger partial charge in [0.15, 0.2) is 0 Å². The smallest absolute Gasteiger partial charge is 0.262 e. The van der Waals surface area contributed by atoms with E-state index in [0.717, 1.165) is 16.8 Å². The average Bonchev–Trinajstić information content (AvgIpc) is 3.20. The molecule has 0 spiro atoms. The molecule has 0 saturated carbocycles. The van der Waals surface area contributed by atoms with E-state index in [-0.39, 0.29) is 5.56 Å².